The van der Waals surface area contributed by atoms with Crippen molar-refractivity contribution in [2.24, 2.45) is 0 Å². The summed E-state index contributed by atoms with van der Waals surface area (Å²) in [4.78, 5) is 0. The molecule has 0 radical (unpaired) electrons. The number of ether oxygens (including phenoxy) is 5. The van der Waals surface area contributed by atoms with Gasteiger partial charge in [-0.3, -0.25) is 0 Å². The van der Waals surface area contributed by atoms with Crippen LogP contribution < -0.4 is 0 Å². The van der Waals surface area contributed by atoms with E-state index >= 15 is 0 Å². The smallest absolute Gasteiger partial charge is 0.186 e. The molecule has 164 valence electrons. The first-order valence-corrected chi connectivity index (χ1v) is 9.13. The van der Waals surface area contributed by atoms with Gasteiger partial charge < -0.3 is 59.4 Å². The van der Waals surface area contributed by atoms with E-state index in [4.69, 9.17) is 23.7 Å². The van der Waals surface area contributed by atoms with E-state index in [2.05, 4.69) is 0 Å². The lowest BCUT2D eigenvalue weighted by Gasteiger charge is -2.44. The van der Waals surface area contributed by atoms with E-state index in [1.165, 1.54) is 0 Å². The third-order valence-electron chi connectivity index (χ3n) is 5.19. The molecule has 0 saturated carbocycles. The van der Waals surface area contributed by atoms with Crippen LogP contribution in [0.25, 0.3) is 0 Å². The Balaban J connectivity index is 1.64. The number of aliphatic hydroxyl groups is 7. The van der Waals surface area contributed by atoms with Crippen LogP contribution >= 0.6 is 0 Å². The summed E-state index contributed by atoms with van der Waals surface area (Å²) in [6.45, 7) is 0.961. The minimum Gasteiger partial charge on any atom is -0.388 e. The standard InChI is InChI=1S/C16H28O12/c1-5-13(10(21)7(18)2-24-5)27-16-12(23)14(8(19)4-26-16)28-15-11(22)9(20)6(17)3-25-15/h5-23H,2-4H2,1H3/t5-,6+,7-,8+,9-,10-,11+,12+,13-,14-,15-,16-/m0/s1. The average Bonchev–Trinajstić information content (AvgIpc) is 2.66. The van der Waals surface area contributed by atoms with Gasteiger partial charge in [0.15, 0.2) is 12.6 Å². The highest BCUT2D eigenvalue weighted by molar-refractivity contribution is 4.91. The molecule has 12 nitrogen and oxygen atoms in total. The zero-order chi connectivity index (χ0) is 20.6. The minimum absolute atomic E-state index is 0.0637. The van der Waals surface area contributed by atoms with Gasteiger partial charge in [-0.2, -0.15) is 0 Å². The predicted molar refractivity (Wildman–Crippen MR) is 86.7 cm³/mol. The lowest BCUT2D eigenvalue weighted by molar-refractivity contribution is -0.348. The van der Waals surface area contributed by atoms with Crippen molar-refractivity contribution in [2.45, 2.75) is 80.5 Å². The molecule has 3 saturated heterocycles. The van der Waals surface area contributed by atoms with Crippen LogP contribution in [0.4, 0.5) is 0 Å². The van der Waals surface area contributed by atoms with Crippen molar-refractivity contribution in [3.8, 4) is 0 Å². The summed E-state index contributed by atoms with van der Waals surface area (Å²) < 4.78 is 26.7. The second kappa shape index (κ2) is 9.12. The third kappa shape index (κ3) is 4.48. The Morgan fingerprint density at radius 2 is 1.07 bits per heavy atom. The van der Waals surface area contributed by atoms with E-state index in [9.17, 15) is 35.7 Å². The van der Waals surface area contributed by atoms with Crippen molar-refractivity contribution >= 4 is 0 Å². The maximum absolute atomic E-state index is 10.5. The molecule has 3 aliphatic heterocycles. The SMILES string of the molecule is C[C@@H]1OC[C@H](O)[C@H](O)[C@H]1O[C@@H]1OC[C@@H](O)[C@H](O[C@@H]2OC[C@@H](O)[C@H](O)[C@H]2O)[C@H]1O. The molecule has 28 heavy (non-hydrogen) atoms. The summed E-state index contributed by atoms with van der Waals surface area (Å²) in [7, 11) is 0. The number of hydrogen-bond donors (Lipinski definition) is 7. The topological polar surface area (TPSA) is 188 Å². The van der Waals surface area contributed by atoms with Crippen molar-refractivity contribution in [2.75, 3.05) is 19.8 Å². The van der Waals surface area contributed by atoms with E-state index in [1.807, 2.05) is 0 Å². The van der Waals surface area contributed by atoms with Crippen LogP contribution in [0.5, 0.6) is 0 Å². The van der Waals surface area contributed by atoms with Crippen LogP contribution in [0.1, 0.15) is 6.92 Å². The molecule has 3 rings (SSSR count). The normalized spacial score (nSPS) is 53.1. The monoisotopic (exact) mass is 412 g/mol. The molecule has 0 aliphatic carbocycles. The first-order valence-electron chi connectivity index (χ1n) is 9.13. The molecule has 0 aromatic carbocycles. The van der Waals surface area contributed by atoms with Crippen LogP contribution in [-0.2, 0) is 23.7 Å². The molecule has 12 atom stereocenters. The molecule has 12 heteroatoms. The Kier molecular flexibility index (Phi) is 7.23. The second-order valence-corrected chi connectivity index (χ2v) is 7.31. The first-order chi connectivity index (χ1) is 13.2. The summed E-state index contributed by atoms with van der Waals surface area (Å²) in [5.74, 6) is 0. The Morgan fingerprint density at radius 3 is 1.75 bits per heavy atom. The van der Waals surface area contributed by atoms with E-state index < -0.39 is 73.6 Å². The van der Waals surface area contributed by atoms with Gasteiger partial charge in [0, 0.05) is 0 Å². The van der Waals surface area contributed by atoms with Crippen molar-refractivity contribution in [1.29, 1.82) is 0 Å². The molecule has 0 aromatic heterocycles. The van der Waals surface area contributed by atoms with Gasteiger partial charge in [-0.05, 0) is 6.92 Å². The Hall–Kier alpha value is -0.480. The van der Waals surface area contributed by atoms with Crippen molar-refractivity contribution in [3.05, 3.63) is 0 Å². The molecule has 3 heterocycles. The Morgan fingerprint density at radius 1 is 0.571 bits per heavy atom. The highest BCUT2D eigenvalue weighted by atomic mass is 16.7. The predicted octanol–water partition coefficient (Wildman–Crippen LogP) is -4.59. The van der Waals surface area contributed by atoms with Crippen molar-refractivity contribution in [3.63, 3.8) is 0 Å². The molecule has 0 spiro atoms. The fourth-order valence-electron chi connectivity index (χ4n) is 3.40. The fourth-order valence-corrected chi connectivity index (χ4v) is 3.40. The molecule has 0 bridgehead atoms. The van der Waals surface area contributed by atoms with Gasteiger partial charge >= 0.3 is 0 Å². The molecular formula is C16H28O12. The van der Waals surface area contributed by atoms with Gasteiger partial charge in [0.2, 0.25) is 0 Å². The van der Waals surface area contributed by atoms with Crippen LogP contribution in [-0.4, -0.2) is 129 Å². The fraction of sp³-hybridized carbons (Fsp3) is 1.00. The summed E-state index contributed by atoms with van der Waals surface area (Å²) in [5.41, 5.74) is 0. The molecule has 0 aromatic rings. The zero-order valence-electron chi connectivity index (χ0n) is 15.2. The molecule has 3 fully saturated rings. The van der Waals surface area contributed by atoms with Gasteiger partial charge in [0.05, 0.1) is 25.9 Å². The Bertz CT molecular complexity index is 508. The second-order valence-electron chi connectivity index (χ2n) is 7.31. The summed E-state index contributed by atoms with van der Waals surface area (Å²) in [6, 6.07) is 0. The van der Waals surface area contributed by atoms with Gasteiger partial charge in [-0.25, -0.2) is 0 Å². The van der Waals surface area contributed by atoms with Gasteiger partial charge in [-0.1, -0.05) is 0 Å². The van der Waals surface area contributed by atoms with Crippen LogP contribution in [0.15, 0.2) is 0 Å². The van der Waals surface area contributed by atoms with E-state index in [0.29, 0.717) is 0 Å². The average molecular weight is 412 g/mol. The molecule has 0 unspecified atom stereocenters. The van der Waals surface area contributed by atoms with Crippen LogP contribution in [0, 0.1) is 0 Å². The lowest BCUT2D eigenvalue weighted by atomic mass is 10.00. The maximum atomic E-state index is 10.5. The van der Waals surface area contributed by atoms with Gasteiger partial charge in [0.1, 0.15) is 54.9 Å². The van der Waals surface area contributed by atoms with Crippen LogP contribution in [0.3, 0.4) is 0 Å². The van der Waals surface area contributed by atoms with Crippen molar-refractivity contribution in [1.82, 2.24) is 0 Å². The quantitative estimate of drug-likeness (QED) is 0.234. The van der Waals surface area contributed by atoms with Gasteiger partial charge in [0.25, 0.3) is 0 Å². The number of hydrogen-bond acceptors (Lipinski definition) is 12. The highest BCUT2D eigenvalue weighted by Crippen LogP contribution is 2.28. The molecule has 3 aliphatic rings. The molecular weight excluding hydrogens is 384 g/mol. The summed E-state index contributed by atoms with van der Waals surface area (Å²) in [5, 5.41) is 69.7. The van der Waals surface area contributed by atoms with Crippen molar-refractivity contribution < 1.29 is 59.4 Å². The first kappa shape index (κ1) is 22.2. The highest BCUT2D eigenvalue weighted by Gasteiger charge is 2.48. The van der Waals surface area contributed by atoms with E-state index in [-0.39, 0.29) is 19.8 Å². The zero-order valence-corrected chi connectivity index (χ0v) is 15.2. The summed E-state index contributed by atoms with van der Waals surface area (Å²) >= 11 is 0. The molecule has 7 N–H and O–H groups in total. The third-order valence-corrected chi connectivity index (χ3v) is 5.19. The largest absolute Gasteiger partial charge is 0.388 e. The maximum Gasteiger partial charge on any atom is 0.186 e. The number of aliphatic hydroxyl groups excluding tert-OH is 7. The lowest BCUT2D eigenvalue weighted by Crippen LogP contribution is -2.62. The van der Waals surface area contributed by atoms with Crippen LogP contribution in [0.2, 0.25) is 0 Å². The molecule has 0 amide bonds. The van der Waals surface area contributed by atoms with E-state index in [0.717, 1.165) is 0 Å². The minimum atomic E-state index is -1.60. The van der Waals surface area contributed by atoms with E-state index in [1.54, 1.807) is 6.92 Å². The van der Waals surface area contributed by atoms with Gasteiger partial charge in [-0.15, -0.1) is 0 Å². The Labute approximate surface area is 160 Å². The number of rotatable bonds is 4. The summed E-state index contributed by atoms with van der Waals surface area (Å²) in [6.07, 6.45) is -15.4.